The fourth-order valence-electron chi connectivity index (χ4n) is 4.06. The van der Waals surface area contributed by atoms with Gasteiger partial charge in [-0.15, -0.1) is 0 Å². The Hall–Kier alpha value is -2.33. The molecule has 1 amide bonds. The number of aryl methyl sites for hydroxylation is 1. The maximum absolute atomic E-state index is 12.9. The van der Waals surface area contributed by atoms with Crippen LogP contribution in [0.15, 0.2) is 42.5 Å². The average Bonchev–Trinajstić information content (AvgIpc) is 2.96. The van der Waals surface area contributed by atoms with E-state index in [9.17, 15) is 4.79 Å². The van der Waals surface area contributed by atoms with Crippen molar-refractivity contribution in [2.75, 3.05) is 6.61 Å². The Morgan fingerprint density at radius 3 is 2.88 bits per heavy atom. The largest absolute Gasteiger partial charge is 0.493 e. The molecule has 136 valence electrons. The number of carbonyl (C=O) groups is 1. The van der Waals surface area contributed by atoms with E-state index >= 15 is 0 Å². The third-order valence-electron chi connectivity index (χ3n) is 5.47. The number of nitrogens with one attached hydrogen (secondary N) is 1. The summed E-state index contributed by atoms with van der Waals surface area (Å²) in [5.41, 5.74) is 10.5. The summed E-state index contributed by atoms with van der Waals surface area (Å²) in [4.78, 5) is 12.9. The number of hydrogen-bond donors (Lipinski definition) is 2. The zero-order valence-corrected chi connectivity index (χ0v) is 15.0. The molecule has 1 heterocycles. The smallest absolute Gasteiger partial charge is 0.251 e. The highest BCUT2D eigenvalue weighted by Crippen LogP contribution is 2.31. The van der Waals surface area contributed by atoms with Gasteiger partial charge in [-0.05, 0) is 67.9 Å². The SMILES string of the molecule is NC1CCCc2ccc(C(=O)NC3CCCOc4ccccc43)cc2C1. The zero-order valence-electron chi connectivity index (χ0n) is 15.0. The maximum atomic E-state index is 12.9. The van der Waals surface area contributed by atoms with Gasteiger partial charge in [0, 0.05) is 17.2 Å². The first-order valence-electron chi connectivity index (χ1n) is 9.60. The minimum absolute atomic E-state index is 0.0118. The van der Waals surface area contributed by atoms with Crippen LogP contribution < -0.4 is 15.8 Å². The fourth-order valence-corrected chi connectivity index (χ4v) is 4.06. The van der Waals surface area contributed by atoms with E-state index in [-0.39, 0.29) is 18.0 Å². The quantitative estimate of drug-likeness (QED) is 0.814. The van der Waals surface area contributed by atoms with E-state index in [1.165, 1.54) is 11.1 Å². The number of para-hydroxylation sites is 1. The Labute approximate surface area is 154 Å². The maximum Gasteiger partial charge on any atom is 0.251 e. The van der Waals surface area contributed by atoms with Gasteiger partial charge in [0.1, 0.15) is 5.75 Å². The van der Waals surface area contributed by atoms with Crippen LogP contribution in [0.1, 0.15) is 58.8 Å². The van der Waals surface area contributed by atoms with Crippen molar-refractivity contribution < 1.29 is 9.53 Å². The molecule has 0 radical (unpaired) electrons. The van der Waals surface area contributed by atoms with E-state index < -0.39 is 0 Å². The van der Waals surface area contributed by atoms with Gasteiger partial charge in [0.05, 0.1) is 12.6 Å². The van der Waals surface area contributed by atoms with E-state index in [0.717, 1.165) is 55.4 Å². The molecule has 4 nitrogen and oxygen atoms in total. The van der Waals surface area contributed by atoms with Crippen LogP contribution in [0, 0.1) is 0 Å². The molecule has 2 atom stereocenters. The molecule has 0 aromatic heterocycles. The van der Waals surface area contributed by atoms with Crippen molar-refractivity contribution in [2.45, 2.75) is 50.6 Å². The Bertz CT molecular complexity index is 802. The van der Waals surface area contributed by atoms with Crippen LogP contribution in [-0.2, 0) is 12.8 Å². The molecule has 2 aromatic carbocycles. The number of benzene rings is 2. The van der Waals surface area contributed by atoms with E-state index in [1.807, 2.05) is 36.4 Å². The molecule has 4 heteroatoms. The summed E-state index contributed by atoms with van der Waals surface area (Å²) in [5, 5.41) is 3.21. The lowest BCUT2D eigenvalue weighted by Gasteiger charge is -2.19. The summed E-state index contributed by atoms with van der Waals surface area (Å²) in [6.45, 7) is 0.695. The summed E-state index contributed by atoms with van der Waals surface area (Å²) in [5.74, 6) is 0.857. The molecule has 2 aliphatic rings. The number of amides is 1. The van der Waals surface area contributed by atoms with Crippen molar-refractivity contribution in [3.8, 4) is 5.75 Å². The summed E-state index contributed by atoms with van der Waals surface area (Å²) < 4.78 is 5.80. The lowest BCUT2D eigenvalue weighted by molar-refractivity contribution is 0.0934. The second kappa shape index (κ2) is 7.50. The molecule has 26 heavy (non-hydrogen) atoms. The molecule has 2 unspecified atom stereocenters. The molecule has 1 aliphatic carbocycles. The summed E-state index contributed by atoms with van der Waals surface area (Å²) >= 11 is 0. The molecule has 4 rings (SSSR count). The molecule has 0 fully saturated rings. The molecule has 0 bridgehead atoms. The minimum atomic E-state index is -0.0210. The van der Waals surface area contributed by atoms with Gasteiger partial charge in [-0.25, -0.2) is 0 Å². The molecule has 0 saturated heterocycles. The topological polar surface area (TPSA) is 64.4 Å². The number of hydrogen-bond acceptors (Lipinski definition) is 3. The van der Waals surface area contributed by atoms with Gasteiger partial charge in [-0.1, -0.05) is 24.3 Å². The minimum Gasteiger partial charge on any atom is -0.493 e. The highest BCUT2D eigenvalue weighted by atomic mass is 16.5. The fraction of sp³-hybridized carbons (Fsp3) is 0.409. The highest BCUT2D eigenvalue weighted by molar-refractivity contribution is 5.94. The van der Waals surface area contributed by atoms with Crippen LogP contribution in [0.2, 0.25) is 0 Å². The Balaban J connectivity index is 1.55. The van der Waals surface area contributed by atoms with Gasteiger partial charge in [0.25, 0.3) is 5.91 Å². The first-order valence-corrected chi connectivity index (χ1v) is 9.60. The van der Waals surface area contributed by atoms with Crippen molar-refractivity contribution in [3.63, 3.8) is 0 Å². The molecule has 2 aromatic rings. The Kier molecular flexibility index (Phi) is 4.93. The van der Waals surface area contributed by atoms with Gasteiger partial charge < -0.3 is 15.8 Å². The number of rotatable bonds is 2. The predicted molar refractivity (Wildman–Crippen MR) is 102 cm³/mol. The average molecular weight is 350 g/mol. The standard InChI is InChI=1S/C22H26N2O2/c23-18-6-3-5-15-10-11-16(13-17(15)14-18)22(25)24-20-8-4-12-26-21-9-2-1-7-19(20)21/h1-2,7,9-11,13,18,20H,3-6,8,12,14,23H2,(H,24,25). The molecular formula is C22H26N2O2. The number of nitrogens with two attached hydrogens (primary N) is 1. The van der Waals surface area contributed by atoms with E-state index in [4.69, 9.17) is 10.5 Å². The summed E-state index contributed by atoms with van der Waals surface area (Å²) in [7, 11) is 0. The predicted octanol–water partition coefficient (Wildman–Crippen LogP) is 3.54. The number of ether oxygens (including phenoxy) is 1. The highest BCUT2D eigenvalue weighted by Gasteiger charge is 2.22. The van der Waals surface area contributed by atoms with Crippen molar-refractivity contribution in [1.82, 2.24) is 5.32 Å². The van der Waals surface area contributed by atoms with Crippen molar-refractivity contribution >= 4 is 5.91 Å². The molecule has 0 spiro atoms. The number of carbonyl (C=O) groups excluding carboxylic acids is 1. The second-order valence-corrected chi connectivity index (χ2v) is 7.39. The monoisotopic (exact) mass is 350 g/mol. The third-order valence-corrected chi connectivity index (χ3v) is 5.47. The van der Waals surface area contributed by atoms with Crippen molar-refractivity contribution in [3.05, 3.63) is 64.7 Å². The van der Waals surface area contributed by atoms with Crippen LogP contribution in [0.3, 0.4) is 0 Å². The first-order chi connectivity index (χ1) is 12.7. The number of fused-ring (bicyclic) bond motifs is 2. The van der Waals surface area contributed by atoms with Crippen LogP contribution in [0.4, 0.5) is 0 Å². The zero-order chi connectivity index (χ0) is 17.9. The van der Waals surface area contributed by atoms with E-state index in [2.05, 4.69) is 11.4 Å². The normalized spacial score (nSPS) is 22.2. The molecule has 3 N–H and O–H groups in total. The van der Waals surface area contributed by atoms with Gasteiger partial charge in [-0.2, -0.15) is 0 Å². The van der Waals surface area contributed by atoms with Gasteiger partial charge in [0.15, 0.2) is 0 Å². The van der Waals surface area contributed by atoms with Crippen LogP contribution in [0.25, 0.3) is 0 Å². The molecule has 0 saturated carbocycles. The van der Waals surface area contributed by atoms with Crippen LogP contribution in [0.5, 0.6) is 5.75 Å². The summed E-state index contributed by atoms with van der Waals surface area (Å²) in [6, 6.07) is 14.3. The van der Waals surface area contributed by atoms with Crippen LogP contribution >= 0.6 is 0 Å². The van der Waals surface area contributed by atoms with Gasteiger partial charge >= 0.3 is 0 Å². The van der Waals surface area contributed by atoms with Crippen LogP contribution in [-0.4, -0.2) is 18.6 Å². The van der Waals surface area contributed by atoms with Gasteiger partial charge in [-0.3, -0.25) is 4.79 Å². The third kappa shape index (κ3) is 3.61. The molecule has 1 aliphatic heterocycles. The van der Waals surface area contributed by atoms with Crippen molar-refractivity contribution in [2.24, 2.45) is 5.73 Å². The van der Waals surface area contributed by atoms with E-state index in [0.29, 0.717) is 6.61 Å². The second-order valence-electron chi connectivity index (χ2n) is 7.39. The van der Waals surface area contributed by atoms with Gasteiger partial charge in [0.2, 0.25) is 0 Å². The van der Waals surface area contributed by atoms with E-state index in [1.54, 1.807) is 0 Å². The first kappa shape index (κ1) is 17.1. The molecular weight excluding hydrogens is 324 g/mol. The Morgan fingerprint density at radius 1 is 1.08 bits per heavy atom. The van der Waals surface area contributed by atoms with Crippen molar-refractivity contribution in [1.29, 1.82) is 0 Å². The Morgan fingerprint density at radius 2 is 1.96 bits per heavy atom. The lowest BCUT2D eigenvalue weighted by atomic mass is 9.98. The lowest BCUT2D eigenvalue weighted by Crippen LogP contribution is -2.28. The summed E-state index contributed by atoms with van der Waals surface area (Å²) in [6.07, 6.45) is 5.90.